The fourth-order valence-corrected chi connectivity index (χ4v) is 3.79. The van der Waals surface area contributed by atoms with Crippen LogP contribution in [0.25, 0.3) is 11.3 Å². The number of benzene rings is 2. The van der Waals surface area contributed by atoms with Crippen LogP contribution in [0.15, 0.2) is 47.6 Å². The Labute approximate surface area is 176 Å². The van der Waals surface area contributed by atoms with Gasteiger partial charge in [-0.3, -0.25) is 9.69 Å². The average molecular weight is 421 g/mol. The molecule has 1 aromatic heterocycles. The SMILES string of the molecule is CCSc1nnc2c(n1)O[C@H](c1ccccc1C#N)N(C(C)=O)c1ccc(F)cc1-2. The van der Waals surface area contributed by atoms with E-state index in [1.54, 1.807) is 24.3 Å². The quantitative estimate of drug-likeness (QED) is 0.588. The van der Waals surface area contributed by atoms with Crippen molar-refractivity contribution in [2.45, 2.75) is 25.2 Å². The van der Waals surface area contributed by atoms with Crippen LogP contribution < -0.4 is 9.64 Å². The molecule has 0 aliphatic carbocycles. The minimum atomic E-state index is -0.986. The summed E-state index contributed by atoms with van der Waals surface area (Å²) in [6.07, 6.45) is -0.986. The second-order valence-corrected chi connectivity index (χ2v) is 7.63. The Kier molecular flexibility index (Phi) is 5.33. The lowest BCUT2D eigenvalue weighted by Crippen LogP contribution is -2.36. The molecule has 1 aliphatic heterocycles. The highest BCUT2D eigenvalue weighted by Crippen LogP contribution is 2.44. The second kappa shape index (κ2) is 8.08. The predicted molar refractivity (Wildman–Crippen MR) is 109 cm³/mol. The molecule has 2 aromatic carbocycles. The highest BCUT2D eigenvalue weighted by molar-refractivity contribution is 7.99. The lowest BCUT2D eigenvalue weighted by molar-refractivity contribution is -0.118. The number of hydrogen-bond donors (Lipinski definition) is 0. The van der Waals surface area contributed by atoms with Crippen LogP contribution >= 0.6 is 11.8 Å². The van der Waals surface area contributed by atoms with Crippen molar-refractivity contribution in [3.8, 4) is 23.2 Å². The van der Waals surface area contributed by atoms with Gasteiger partial charge in [0.05, 0.1) is 17.3 Å². The van der Waals surface area contributed by atoms with Crippen LogP contribution in [0, 0.1) is 17.1 Å². The number of halogens is 1. The monoisotopic (exact) mass is 421 g/mol. The van der Waals surface area contributed by atoms with Gasteiger partial charge in [0.25, 0.3) is 0 Å². The van der Waals surface area contributed by atoms with Crippen LogP contribution in [-0.4, -0.2) is 26.8 Å². The normalized spacial score (nSPS) is 14.7. The third kappa shape index (κ3) is 3.46. The molecular weight excluding hydrogens is 405 g/mol. The highest BCUT2D eigenvalue weighted by Gasteiger charge is 2.36. The number of carbonyl (C=O) groups is 1. The predicted octanol–water partition coefficient (Wildman–Crippen LogP) is 4.11. The largest absolute Gasteiger partial charge is 0.447 e. The molecule has 150 valence electrons. The summed E-state index contributed by atoms with van der Waals surface area (Å²) in [5.41, 5.74) is 1.80. The molecular formula is C21H16FN5O2S. The molecule has 30 heavy (non-hydrogen) atoms. The summed E-state index contributed by atoms with van der Waals surface area (Å²) in [4.78, 5) is 18.5. The van der Waals surface area contributed by atoms with Gasteiger partial charge in [0.2, 0.25) is 23.2 Å². The van der Waals surface area contributed by atoms with Crippen LogP contribution in [0.5, 0.6) is 5.88 Å². The van der Waals surface area contributed by atoms with Crippen molar-refractivity contribution in [2.75, 3.05) is 10.7 Å². The molecule has 1 aliphatic rings. The molecule has 0 fully saturated rings. The smallest absolute Gasteiger partial charge is 0.247 e. The number of rotatable bonds is 3. The Morgan fingerprint density at radius 3 is 2.83 bits per heavy atom. The Bertz CT molecular complexity index is 1180. The molecule has 4 rings (SSSR count). The Hall–Kier alpha value is -3.51. The van der Waals surface area contributed by atoms with Crippen LogP contribution in [0.4, 0.5) is 10.1 Å². The van der Waals surface area contributed by atoms with Gasteiger partial charge in [-0.15, -0.1) is 10.2 Å². The fourth-order valence-electron chi connectivity index (χ4n) is 3.28. The molecule has 9 heteroatoms. The summed E-state index contributed by atoms with van der Waals surface area (Å²) in [5, 5.41) is 18.3. The number of fused-ring (bicyclic) bond motifs is 3. The minimum absolute atomic E-state index is 0.120. The molecule has 0 spiro atoms. The van der Waals surface area contributed by atoms with Crippen molar-refractivity contribution < 1.29 is 13.9 Å². The first-order valence-electron chi connectivity index (χ1n) is 9.16. The van der Waals surface area contributed by atoms with Crippen molar-refractivity contribution in [1.29, 1.82) is 5.26 Å². The molecule has 0 radical (unpaired) electrons. The highest BCUT2D eigenvalue weighted by atomic mass is 32.2. The van der Waals surface area contributed by atoms with Gasteiger partial charge in [-0.25, -0.2) is 4.39 Å². The van der Waals surface area contributed by atoms with E-state index in [1.165, 1.54) is 41.8 Å². The number of carbonyl (C=O) groups excluding carboxylic acids is 1. The van der Waals surface area contributed by atoms with Crippen molar-refractivity contribution in [3.63, 3.8) is 0 Å². The van der Waals surface area contributed by atoms with Gasteiger partial charge in [-0.05, 0) is 30.0 Å². The third-order valence-corrected chi connectivity index (χ3v) is 5.25. The van der Waals surface area contributed by atoms with Crippen molar-refractivity contribution in [1.82, 2.24) is 15.2 Å². The van der Waals surface area contributed by atoms with Gasteiger partial charge >= 0.3 is 0 Å². The van der Waals surface area contributed by atoms with Gasteiger partial charge in [-0.1, -0.05) is 36.9 Å². The van der Waals surface area contributed by atoms with Crippen LogP contribution in [-0.2, 0) is 4.79 Å². The summed E-state index contributed by atoms with van der Waals surface area (Å²) in [6, 6.07) is 13.0. The van der Waals surface area contributed by atoms with Crippen molar-refractivity contribution in [3.05, 3.63) is 59.4 Å². The number of thioether (sulfide) groups is 1. The van der Waals surface area contributed by atoms with E-state index in [4.69, 9.17) is 4.74 Å². The fraction of sp³-hybridized carbons (Fsp3) is 0.190. The maximum atomic E-state index is 14.1. The van der Waals surface area contributed by atoms with Gasteiger partial charge in [-0.2, -0.15) is 10.2 Å². The van der Waals surface area contributed by atoms with Gasteiger partial charge in [0, 0.05) is 18.1 Å². The molecule has 2 heterocycles. The van der Waals surface area contributed by atoms with Crippen molar-refractivity contribution in [2.24, 2.45) is 0 Å². The lowest BCUT2D eigenvalue weighted by atomic mass is 10.0. The lowest BCUT2D eigenvalue weighted by Gasteiger charge is -2.30. The summed E-state index contributed by atoms with van der Waals surface area (Å²) in [6.45, 7) is 3.33. The maximum Gasteiger partial charge on any atom is 0.247 e. The number of amides is 1. The summed E-state index contributed by atoms with van der Waals surface area (Å²) >= 11 is 1.38. The van der Waals surface area contributed by atoms with Crippen molar-refractivity contribution >= 4 is 23.4 Å². The third-order valence-electron chi connectivity index (χ3n) is 4.53. The van der Waals surface area contributed by atoms with E-state index < -0.39 is 12.0 Å². The number of nitrogens with zero attached hydrogens (tertiary/aromatic N) is 5. The van der Waals surface area contributed by atoms with Crippen LogP contribution in [0.3, 0.4) is 0 Å². The topological polar surface area (TPSA) is 92.0 Å². The molecule has 1 amide bonds. The van der Waals surface area contributed by atoms with E-state index in [0.29, 0.717) is 27.5 Å². The number of ether oxygens (including phenoxy) is 1. The Morgan fingerprint density at radius 2 is 2.10 bits per heavy atom. The van der Waals surface area contributed by atoms with Crippen LogP contribution in [0.1, 0.15) is 31.2 Å². The standard InChI is InChI=1S/C21H16FN5O2S/c1-3-30-21-24-19-18(25-26-21)16-10-14(22)8-9-17(16)27(12(2)28)20(29-19)15-7-5-4-6-13(15)11-23/h4-10,20H,3H2,1-2H3/t20-/m1/s1. The first kappa shape index (κ1) is 19.8. The molecule has 7 nitrogen and oxygen atoms in total. The first-order valence-corrected chi connectivity index (χ1v) is 10.1. The molecule has 0 N–H and O–H groups in total. The summed E-state index contributed by atoms with van der Waals surface area (Å²) in [7, 11) is 0. The molecule has 3 aromatic rings. The first-order chi connectivity index (χ1) is 14.5. The van der Waals surface area contributed by atoms with Gasteiger partial charge < -0.3 is 4.74 Å². The average Bonchev–Trinajstić information content (AvgIpc) is 2.88. The van der Waals surface area contributed by atoms with Gasteiger partial charge in [0.1, 0.15) is 5.82 Å². The molecule has 0 saturated heterocycles. The van der Waals surface area contributed by atoms with E-state index in [1.807, 2.05) is 6.92 Å². The number of nitriles is 1. The minimum Gasteiger partial charge on any atom is -0.447 e. The zero-order valence-corrected chi connectivity index (χ0v) is 17.0. The maximum absolute atomic E-state index is 14.1. The van der Waals surface area contributed by atoms with E-state index >= 15 is 0 Å². The molecule has 0 bridgehead atoms. The Balaban J connectivity index is 2.01. The zero-order chi connectivity index (χ0) is 21.3. The van der Waals surface area contributed by atoms with E-state index in [9.17, 15) is 14.4 Å². The zero-order valence-electron chi connectivity index (χ0n) is 16.2. The summed E-state index contributed by atoms with van der Waals surface area (Å²) < 4.78 is 20.3. The van der Waals surface area contributed by atoms with Crippen LogP contribution in [0.2, 0.25) is 0 Å². The van der Waals surface area contributed by atoms with E-state index in [0.717, 1.165) is 5.75 Å². The number of hydrogen-bond acceptors (Lipinski definition) is 7. The molecule has 0 unspecified atom stereocenters. The molecule has 1 atom stereocenters. The van der Waals surface area contributed by atoms with Gasteiger partial charge in [0.15, 0.2) is 5.69 Å². The number of anilines is 1. The molecule has 0 saturated carbocycles. The summed E-state index contributed by atoms with van der Waals surface area (Å²) in [5.74, 6) is 0.0121. The van der Waals surface area contributed by atoms with E-state index in [-0.39, 0.29) is 17.5 Å². The van der Waals surface area contributed by atoms with E-state index in [2.05, 4.69) is 21.3 Å². The Morgan fingerprint density at radius 1 is 1.30 bits per heavy atom. The second-order valence-electron chi connectivity index (χ2n) is 6.40. The number of aromatic nitrogens is 3.